The zero-order valence-corrected chi connectivity index (χ0v) is 18.3. The average molecular weight is 477 g/mol. The summed E-state index contributed by atoms with van der Waals surface area (Å²) in [6.07, 6.45) is 7.08. The summed E-state index contributed by atoms with van der Waals surface area (Å²) in [5.74, 6) is 1.61. The lowest BCUT2D eigenvalue weighted by atomic mass is 9.63. The number of rotatable bonds is 5. The van der Waals surface area contributed by atoms with Crippen LogP contribution in [0.5, 0.6) is 5.75 Å². The Labute approximate surface area is 188 Å². The third-order valence-corrected chi connectivity index (χ3v) is 7.67. The number of carbonyl (C=O) groups excluding carboxylic acids is 2. The number of amides is 2. The van der Waals surface area contributed by atoms with Crippen LogP contribution in [0.3, 0.4) is 0 Å². The molecule has 0 spiro atoms. The summed E-state index contributed by atoms with van der Waals surface area (Å²) in [4.78, 5) is 26.0. The molecule has 0 unspecified atom stereocenters. The molecule has 1 heterocycles. The number of nitrogens with zero attached hydrogens (tertiary/aromatic N) is 2. The maximum atomic E-state index is 13.0. The number of hydrogen-bond donors (Lipinski definition) is 0. The molecule has 2 saturated carbocycles. The van der Waals surface area contributed by atoms with Crippen molar-refractivity contribution in [2.24, 2.45) is 40.6 Å². The molecule has 1 aliphatic heterocycles. The van der Waals surface area contributed by atoms with Gasteiger partial charge in [-0.3, -0.25) is 9.59 Å². The summed E-state index contributed by atoms with van der Waals surface area (Å²) in [5.41, 5.74) is 1.85. The highest BCUT2D eigenvalue weighted by Crippen LogP contribution is 2.65. The van der Waals surface area contributed by atoms with Gasteiger partial charge in [0, 0.05) is 4.47 Å². The zero-order chi connectivity index (χ0) is 21.1. The monoisotopic (exact) mass is 476 g/mol. The molecule has 5 aliphatic rings. The van der Waals surface area contributed by atoms with Gasteiger partial charge in [-0.25, -0.2) is 0 Å². The van der Waals surface area contributed by atoms with Gasteiger partial charge in [0.25, 0.3) is 11.8 Å². The average Bonchev–Trinajstić information content (AvgIpc) is 3.57. The minimum Gasteiger partial charge on any atom is -0.489 e. The molecule has 6 heteroatoms. The summed E-state index contributed by atoms with van der Waals surface area (Å²) < 4.78 is 6.91. The molecule has 2 amide bonds. The SMILES string of the molecule is O=C1[C@@H]2[C@H]3C=C[C@@H]([C@@H]4C[C@H]34)[C@H]2C(=O)N1/N=C\c1cccc(OCc2ccc(Br)cc2)c1. The molecule has 156 valence electrons. The lowest BCUT2D eigenvalue weighted by molar-refractivity contribution is -0.140. The lowest BCUT2D eigenvalue weighted by Crippen LogP contribution is -2.40. The molecular formula is C25H21BrN2O3. The highest BCUT2D eigenvalue weighted by molar-refractivity contribution is 9.10. The Morgan fingerprint density at radius 1 is 1.00 bits per heavy atom. The molecule has 2 aromatic carbocycles. The molecule has 3 fully saturated rings. The van der Waals surface area contributed by atoms with E-state index in [0.717, 1.165) is 27.0 Å². The van der Waals surface area contributed by atoms with Crippen LogP contribution in [0.1, 0.15) is 17.5 Å². The number of ether oxygens (including phenoxy) is 1. The van der Waals surface area contributed by atoms with Crippen molar-refractivity contribution in [2.45, 2.75) is 13.0 Å². The van der Waals surface area contributed by atoms with E-state index in [4.69, 9.17) is 4.74 Å². The Kier molecular flexibility index (Phi) is 4.39. The number of allylic oxidation sites excluding steroid dienone is 2. The first-order valence-electron chi connectivity index (χ1n) is 10.7. The third-order valence-electron chi connectivity index (χ3n) is 7.14. The molecule has 2 aromatic rings. The summed E-state index contributed by atoms with van der Waals surface area (Å²) in [6, 6.07) is 15.5. The van der Waals surface area contributed by atoms with Gasteiger partial charge >= 0.3 is 0 Å². The number of benzene rings is 2. The molecule has 6 atom stereocenters. The standard InChI is InChI=1S/C25H21BrN2O3/c26-16-6-4-14(5-7-16)13-31-17-3-1-2-15(10-17)12-27-28-24(29)22-18-8-9-19(21-11-20(18)21)23(22)25(28)30/h1-10,12,18-23H,11,13H2/b27-12-/t18-,19-,20-,21+,22+,23+/m0/s1. The summed E-state index contributed by atoms with van der Waals surface area (Å²) in [6.45, 7) is 0.457. The molecule has 4 aliphatic carbocycles. The van der Waals surface area contributed by atoms with Crippen molar-refractivity contribution >= 4 is 34.0 Å². The third kappa shape index (κ3) is 3.16. The van der Waals surface area contributed by atoms with Crippen LogP contribution in [-0.4, -0.2) is 23.0 Å². The molecule has 1 saturated heterocycles. The maximum Gasteiger partial charge on any atom is 0.254 e. The van der Waals surface area contributed by atoms with Gasteiger partial charge in [0.2, 0.25) is 0 Å². The Balaban J connectivity index is 1.16. The molecule has 2 bridgehead atoms. The second-order valence-electron chi connectivity index (χ2n) is 8.88. The van der Waals surface area contributed by atoms with Crippen LogP contribution >= 0.6 is 15.9 Å². The summed E-state index contributed by atoms with van der Waals surface area (Å²) in [7, 11) is 0. The van der Waals surface area contributed by atoms with Crippen LogP contribution < -0.4 is 4.74 Å². The van der Waals surface area contributed by atoms with Crippen molar-refractivity contribution in [3.05, 3.63) is 76.3 Å². The van der Waals surface area contributed by atoms with Crippen molar-refractivity contribution in [3.63, 3.8) is 0 Å². The van der Waals surface area contributed by atoms with E-state index >= 15 is 0 Å². The van der Waals surface area contributed by atoms with E-state index in [0.29, 0.717) is 24.2 Å². The molecule has 0 radical (unpaired) electrons. The van der Waals surface area contributed by atoms with E-state index in [9.17, 15) is 9.59 Å². The van der Waals surface area contributed by atoms with Crippen molar-refractivity contribution in [3.8, 4) is 5.75 Å². The number of hydrazone groups is 1. The smallest absolute Gasteiger partial charge is 0.254 e. The fraction of sp³-hybridized carbons (Fsp3) is 0.320. The fourth-order valence-corrected chi connectivity index (χ4v) is 5.88. The van der Waals surface area contributed by atoms with Crippen molar-refractivity contribution < 1.29 is 14.3 Å². The molecule has 0 aromatic heterocycles. The van der Waals surface area contributed by atoms with Gasteiger partial charge in [-0.2, -0.15) is 10.1 Å². The van der Waals surface area contributed by atoms with Crippen LogP contribution in [0.15, 0.2) is 70.3 Å². The van der Waals surface area contributed by atoms with E-state index in [2.05, 4.69) is 33.2 Å². The van der Waals surface area contributed by atoms with Crippen LogP contribution in [-0.2, 0) is 16.2 Å². The quantitative estimate of drug-likeness (QED) is 0.364. The maximum absolute atomic E-state index is 13.0. The van der Waals surface area contributed by atoms with Crippen LogP contribution in [0.4, 0.5) is 0 Å². The zero-order valence-electron chi connectivity index (χ0n) is 16.7. The Morgan fingerprint density at radius 2 is 1.68 bits per heavy atom. The first-order valence-corrected chi connectivity index (χ1v) is 11.5. The Hall–Kier alpha value is -2.73. The van der Waals surface area contributed by atoms with E-state index in [1.54, 1.807) is 6.21 Å². The first-order chi connectivity index (χ1) is 15.1. The van der Waals surface area contributed by atoms with Gasteiger partial charge in [-0.15, -0.1) is 0 Å². The second kappa shape index (κ2) is 7.16. The first kappa shape index (κ1) is 19.0. The van der Waals surface area contributed by atoms with Crippen LogP contribution in [0.25, 0.3) is 0 Å². The van der Waals surface area contributed by atoms with Gasteiger partial charge in [-0.05, 0) is 65.5 Å². The normalized spacial score (nSPS) is 32.5. The highest BCUT2D eigenvalue weighted by atomic mass is 79.9. The molecule has 31 heavy (non-hydrogen) atoms. The van der Waals surface area contributed by atoms with Gasteiger partial charge < -0.3 is 4.74 Å². The van der Waals surface area contributed by atoms with E-state index < -0.39 is 0 Å². The molecular weight excluding hydrogens is 456 g/mol. The van der Waals surface area contributed by atoms with Gasteiger partial charge in [0.1, 0.15) is 12.4 Å². The van der Waals surface area contributed by atoms with E-state index in [1.165, 1.54) is 0 Å². The van der Waals surface area contributed by atoms with Gasteiger partial charge in [-0.1, -0.05) is 52.3 Å². The summed E-state index contributed by atoms with van der Waals surface area (Å²) >= 11 is 3.43. The van der Waals surface area contributed by atoms with E-state index in [-0.39, 0.29) is 35.5 Å². The number of halogens is 1. The minimum absolute atomic E-state index is 0.140. The molecule has 0 N–H and O–H groups in total. The van der Waals surface area contributed by atoms with Gasteiger partial charge in [0.05, 0.1) is 18.1 Å². The van der Waals surface area contributed by atoms with Crippen LogP contribution in [0, 0.1) is 35.5 Å². The van der Waals surface area contributed by atoms with Crippen molar-refractivity contribution in [1.29, 1.82) is 0 Å². The van der Waals surface area contributed by atoms with Crippen molar-refractivity contribution in [2.75, 3.05) is 0 Å². The van der Waals surface area contributed by atoms with Crippen LogP contribution in [0.2, 0.25) is 0 Å². The Morgan fingerprint density at radius 3 is 2.35 bits per heavy atom. The fourth-order valence-electron chi connectivity index (χ4n) is 5.61. The van der Waals surface area contributed by atoms with E-state index in [1.807, 2.05) is 48.5 Å². The number of hydrogen-bond acceptors (Lipinski definition) is 4. The Bertz CT molecular complexity index is 1090. The largest absolute Gasteiger partial charge is 0.489 e. The molecule has 7 rings (SSSR count). The number of carbonyl (C=O) groups is 2. The van der Waals surface area contributed by atoms with Crippen molar-refractivity contribution in [1.82, 2.24) is 5.01 Å². The minimum atomic E-state index is -0.219. The van der Waals surface area contributed by atoms with Gasteiger partial charge in [0.15, 0.2) is 0 Å². The topological polar surface area (TPSA) is 59.0 Å². The highest BCUT2D eigenvalue weighted by Gasteiger charge is 2.67. The number of imide groups is 1. The second-order valence-corrected chi connectivity index (χ2v) is 9.79. The predicted octanol–water partition coefficient (Wildman–Crippen LogP) is 4.42. The predicted molar refractivity (Wildman–Crippen MR) is 119 cm³/mol. The summed E-state index contributed by atoms with van der Waals surface area (Å²) in [5, 5.41) is 5.42. The molecule has 5 nitrogen and oxygen atoms in total. The lowest BCUT2D eigenvalue weighted by Gasteiger charge is -2.37.